The third kappa shape index (κ3) is 2.35. The van der Waals surface area contributed by atoms with E-state index in [1.807, 2.05) is 0 Å². The van der Waals surface area contributed by atoms with E-state index < -0.39 is 28.4 Å². The summed E-state index contributed by atoms with van der Waals surface area (Å²) in [5.41, 5.74) is -0.476. The molecule has 1 aliphatic rings. The van der Waals surface area contributed by atoms with Crippen LogP contribution < -0.4 is 4.90 Å². The molecule has 0 spiro atoms. The minimum absolute atomic E-state index is 0.123. The number of rotatable bonds is 3. The van der Waals surface area contributed by atoms with Crippen molar-refractivity contribution < 1.29 is 18.8 Å². The van der Waals surface area contributed by atoms with Crippen LogP contribution in [-0.2, 0) is 9.53 Å². The summed E-state index contributed by atoms with van der Waals surface area (Å²) in [6, 6.07) is 3.28. The molecule has 7 heteroatoms. The standard InChI is InChI=1S/C12H13FN2O4/c1-19-12(16)10-6-3-7-14(10)9-5-2-4-8(13)11(9)15(17)18/h2,4-5,10H,3,6-7H2,1H3. The smallest absolute Gasteiger partial charge is 0.328 e. The molecule has 6 nitrogen and oxygen atoms in total. The van der Waals surface area contributed by atoms with Crippen LogP contribution in [0.5, 0.6) is 0 Å². The van der Waals surface area contributed by atoms with Crippen molar-refractivity contribution in [3.8, 4) is 0 Å². The van der Waals surface area contributed by atoms with Crippen LogP contribution >= 0.6 is 0 Å². The molecule has 2 rings (SSSR count). The number of carbonyl (C=O) groups excluding carboxylic acids is 1. The second kappa shape index (κ2) is 5.21. The Labute approximate surface area is 108 Å². The van der Waals surface area contributed by atoms with Crippen LogP contribution in [0.3, 0.4) is 0 Å². The lowest BCUT2D eigenvalue weighted by atomic mass is 10.2. The topological polar surface area (TPSA) is 72.7 Å². The Morgan fingerprint density at radius 3 is 2.95 bits per heavy atom. The molecule has 1 saturated heterocycles. The Hall–Kier alpha value is -2.18. The fourth-order valence-corrected chi connectivity index (χ4v) is 2.35. The summed E-state index contributed by atoms with van der Waals surface area (Å²) in [6.07, 6.45) is 1.24. The fraction of sp³-hybridized carbons (Fsp3) is 0.417. The van der Waals surface area contributed by atoms with Gasteiger partial charge in [0, 0.05) is 6.54 Å². The Balaban J connectivity index is 2.44. The molecule has 1 aromatic rings. The first-order chi connectivity index (χ1) is 9.06. The first-order valence-corrected chi connectivity index (χ1v) is 5.83. The number of anilines is 1. The van der Waals surface area contributed by atoms with Gasteiger partial charge in [0.1, 0.15) is 11.7 Å². The Kier molecular flexibility index (Phi) is 3.64. The molecule has 0 radical (unpaired) electrons. The van der Waals surface area contributed by atoms with E-state index in [0.717, 1.165) is 6.07 Å². The van der Waals surface area contributed by atoms with Crippen LogP contribution in [0.4, 0.5) is 15.8 Å². The molecule has 0 amide bonds. The number of para-hydroxylation sites is 1. The number of hydrogen-bond acceptors (Lipinski definition) is 5. The molecular formula is C12H13FN2O4. The number of nitro benzene ring substituents is 1. The first kappa shape index (κ1) is 13.3. The summed E-state index contributed by atoms with van der Waals surface area (Å²) >= 11 is 0. The highest BCUT2D eigenvalue weighted by Gasteiger charge is 2.36. The lowest BCUT2D eigenvalue weighted by Gasteiger charge is -2.24. The molecule has 0 aliphatic carbocycles. The van der Waals surface area contributed by atoms with Gasteiger partial charge in [-0.1, -0.05) is 6.07 Å². The highest BCUT2D eigenvalue weighted by molar-refractivity contribution is 5.82. The lowest BCUT2D eigenvalue weighted by Crippen LogP contribution is -2.37. The first-order valence-electron chi connectivity index (χ1n) is 5.83. The van der Waals surface area contributed by atoms with Gasteiger partial charge in [-0.2, -0.15) is 4.39 Å². The third-order valence-corrected chi connectivity index (χ3v) is 3.18. The molecule has 102 valence electrons. The average molecular weight is 268 g/mol. The van der Waals surface area contributed by atoms with E-state index in [2.05, 4.69) is 4.74 Å². The summed E-state index contributed by atoms with van der Waals surface area (Å²) in [7, 11) is 1.26. The van der Waals surface area contributed by atoms with Crippen molar-refractivity contribution in [3.05, 3.63) is 34.1 Å². The maximum atomic E-state index is 13.6. The van der Waals surface area contributed by atoms with Crippen LogP contribution in [-0.4, -0.2) is 30.6 Å². The molecule has 0 N–H and O–H groups in total. The number of esters is 1. The predicted octanol–water partition coefficient (Wildman–Crippen LogP) is 1.88. The van der Waals surface area contributed by atoms with Gasteiger partial charge in [0.25, 0.3) is 0 Å². The lowest BCUT2D eigenvalue weighted by molar-refractivity contribution is -0.386. The van der Waals surface area contributed by atoms with Crippen LogP contribution in [0.2, 0.25) is 0 Å². The number of hydrogen-bond donors (Lipinski definition) is 0. The zero-order chi connectivity index (χ0) is 14.0. The van der Waals surface area contributed by atoms with E-state index in [1.54, 1.807) is 0 Å². The predicted molar refractivity (Wildman–Crippen MR) is 65.4 cm³/mol. The molecule has 1 heterocycles. The Morgan fingerprint density at radius 1 is 1.58 bits per heavy atom. The Morgan fingerprint density at radius 2 is 2.32 bits per heavy atom. The van der Waals surface area contributed by atoms with E-state index >= 15 is 0 Å². The summed E-state index contributed by atoms with van der Waals surface area (Å²) in [6.45, 7) is 0.462. The quantitative estimate of drug-likeness (QED) is 0.475. The second-order valence-electron chi connectivity index (χ2n) is 4.24. The highest BCUT2D eigenvalue weighted by atomic mass is 19.1. The minimum Gasteiger partial charge on any atom is -0.467 e. The average Bonchev–Trinajstić information content (AvgIpc) is 2.86. The van der Waals surface area contributed by atoms with Gasteiger partial charge in [-0.25, -0.2) is 4.79 Å². The van der Waals surface area contributed by atoms with Crippen LogP contribution in [0, 0.1) is 15.9 Å². The number of benzene rings is 1. The SMILES string of the molecule is COC(=O)C1CCCN1c1cccc(F)c1[N+](=O)[O-]. The van der Waals surface area contributed by atoms with Crippen molar-refractivity contribution >= 4 is 17.3 Å². The van der Waals surface area contributed by atoms with Crippen molar-refractivity contribution in [1.82, 2.24) is 0 Å². The number of nitrogens with zero attached hydrogens (tertiary/aromatic N) is 2. The number of nitro groups is 1. The van der Waals surface area contributed by atoms with Crippen LogP contribution in [0.25, 0.3) is 0 Å². The maximum absolute atomic E-state index is 13.6. The van der Waals surface area contributed by atoms with Gasteiger partial charge in [0.15, 0.2) is 0 Å². The van der Waals surface area contributed by atoms with E-state index in [0.29, 0.717) is 19.4 Å². The van der Waals surface area contributed by atoms with E-state index in [4.69, 9.17) is 0 Å². The van der Waals surface area contributed by atoms with Gasteiger partial charge in [-0.05, 0) is 25.0 Å². The fourth-order valence-electron chi connectivity index (χ4n) is 2.35. The molecule has 0 bridgehead atoms. The zero-order valence-electron chi connectivity index (χ0n) is 10.3. The van der Waals surface area contributed by atoms with Crippen LogP contribution in [0.1, 0.15) is 12.8 Å². The van der Waals surface area contributed by atoms with Crippen molar-refractivity contribution in [2.24, 2.45) is 0 Å². The molecule has 1 unspecified atom stereocenters. The number of halogens is 1. The van der Waals surface area contributed by atoms with Crippen molar-refractivity contribution in [2.75, 3.05) is 18.6 Å². The second-order valence-corrected chi connectivity index (χ2v) is 4.24. The van der Waals surface area contributed by atoms with Crippen molar-refractivity contribution in [1.29, 1.82) is 0 Å². The summed E-state index contributed by atoms with van der Waals surface area (Å²) in [5.74, 6) is -1.37. The largest absolute Gasteiger partial charge is 0.467 e. The van der Waals surface area contributed by atoms with Gasteiger partial charge in [-0.3, -0.25) is 10.1 Å². The molecule has 1 aromatic carbocycles. The monoisotopic (exact) mass is 268 g/mol. The van der Waals surface area contributed by atoms with E-state index in [1.165, 1.54) is 24.1 Å². The third-order valence-electron chi connectivity index (χ3n) is 3.18. The molecule has 1 aliphatic heterocycles. The van der Waals surface area contributed by atoms with E-state index in [-0.39, 0.29) is 5.69 Å². The molecule has 0 aromatic heterocycles. The minimum atomic E-state index is -0.905. The number of methoxy groups -OCH3 is 1. The summed E-state index contributed by atoms with van der Waals surface area (Å²) < 4.78 is 18.3. The normalized spacial score (nSPS) is 18.4. The van der Waals surface area contributed by atoms with Crippen molar-refractivity contribution in [3.63, 3.8) is 0 Å². The molecule has 1 atom stereocenters. The van der Waals surface area contributed by atoms with Gasteiger partial charge >= 0.3 is 11.7 Å². The molecule has 1 fully saturated rings. The zero-order valence-corrected chi connectivity index (χ0v) is 10.3. The number of ether oxygens (including phenoxy) is 1. The molecule has 19 heavy (non-hydrogen) atoms. The van der Waals surface area contributed by atoms with Crippen molar-refractivity contribution in [2.45, 2.75) is 18.9 Å². The maximum Gasteiger partial charge on any atom is 0.328 e. The van der Waals surface area contributed by atoms with E-state index in [9.17, 15) is 19.3 Å². The van der Waals surface area contributed by atoms with Gasteiger partial charge in [0.05, 0.1) is 12.0 Å². The highest BCUT2D eigenvalue weighted by Crippen LogP contribution is 2.35. The summed E-state index contributed by atoms with van der Waals surface area (Å²) in [4.78, 5) is 23.4. The van der Waals surface area contributed by atoms with Gasteiger partial charge in [0.2, 0.25) is 5.82 Å². The van der Waals surface area contributed by atoms with Crippen LogP contribution in [0.15, 0.2) is 18.2 Å². The molecular weight excluding hydrogens is 255 g/mol. The molecule has 0 saturated carbocycles. The summed E-state index contributed by atoms with van der Waals surface area (Å²) in [5, 5.41) is 11.0. The number of carbonyl (C=O) groups is 1. The van der Waals surface area contributed by atoms with Gasteiger partial charge in [-0.15, -0.1) is 0 Å². The Bertz CT molecular complexity index is 520. The van der Waals surface area contributed by atoms with Gasteiger partial charge < -0.3 is 9.64 Å².